The number of halogens is 1. The molecule has 0 unspecified atom stereocenters. The topological polar surface area (TPSA) is 46.2 Å². The molecule has 3 nitrogen and oxygen atoms in total. The Labute approximate surface area is 101 Å². The zero-order valence-corrected chi connectivity index (χ0v) is 10.6. The van der Waals surface area contributed by atoms with Crippen LogP contribution >= 0.6 is 11.6 Å². The first kappa shape index (κ1) is 13.0. The molecule has 1 N–H and O–H groups in total. The van der Waals surface area contributed by atoms with Gasteiger partial charge in [0.15, 0.2) is 0 Å². The van der Waals surface area contributed by atoms with Gasteiger partial charge in [0.05, 0.1) is 10.6 Å². The van der Waals surface area contributed by atoms with Crippen molar-refractivity contribution < 1.29 is 8.42 Å². The molecule has 0 aromatic heterocycles. The number of rotatable bonds is 3. The molecule has 86 valence electrons. The molecule has 0 atom stereocenters. The molecule has 16 heavy (non-hydrogen) atoms. The van der Waals surface area contributed by atoms with Gasteiger partial charge in [0.2, 0.25) is 10.0 Å². The van der Waals surface area contributed by atoms with Crippen LogP contribution in [0, 0.1) is 12.3 Å². The van der Waals surface area contributed by atoms with Crippen LogP contribution in [0.3, 0.4) is 0 Å². The first-order chi connectivity index (χ1) is 7.28. The normalized spacial score (nSPS) is 12.1. The minimum atomic E-state index is -3.69. The lowest BCUT2D eigenvalue weighted by Gasteiger charge is -2.19. The summed E-state index contributed by atoms with van der Waals surface area (Å²) in [5.41, 5.74) is -0.946. The third-order valence-corrected chi connectivity index (χ3v) is 4.03. The predicted molar refractivity (Wildman–Crippen MR) is 64.7 cm³/mol. The first-order valence-electron chi connectivity index (χ1n) is 4.55. The molecule has 0 fully saturated rings. The highest BCUT2D eigenvalue weighted by Crippen LogP contribution is 2.21. The molecule has 0 aliphatic rings. The van der Waals surface area contributed by atoms with Crippen molar-refractivity contribution in [2.75, 3.05) is 0 Å². The van der Waals surface area contributed by atoms with Crippen molar-refractivity contribution in [3.63, 3.8) is 0 Å². The zero-order valence-electron chi connectivity index (χ0n) is 8.99. The first-order valence-corrected chi connectivity index (χ1v) is 6.41. The van der Waals surface area contributed by atoms with Crippen molar-refractivity contribution in [3.05, 3.63) is 29.3 Å². The van der Waals surface area contributed by atoms with Gasteiger partial charge in [-0.3, -0.25) is 0 Å². The van der Waals surface area contributed by atoms with Crippen molar-refractivity contribution >= 4 is 21.6 Å². The predicted octanol–water partition coefficient (Wildman–Crippen LogP) is 2.03. The van der Waals surface area contributed by atoms with Crippen LogP contribution in [0.5, 0.6) is 0 Å². The maximum atomic E-state index is 11.9. The summed E-state index contributed by atoms with van der Waals surface area (Å²) < 4.78 is 26.3. The largest absolute Gasteiger partial charge is 0.243 e. The summed E-state index contributed by atoms with van der Waals surface area (Å²) in [6, 6.07) is 6.20. The van der Waals surface area contributed by atoms with Gasteiger partial charge < -0.3 is 0 Å². The van der Waals surface area contributed by atoms with Crippen LogP contribution in [0.2, 0.25) is 5.02 Å². The fourth-order valence-electron chi connectivity index (χ4n) is 1.08. The fraction of sp³-hybridized carbons (Fsp3) is 0.273. The van der Waals surface area contributed by atoms with Crippen LogP contribution in [0.15, 0.2) is 29.2 Å². The Morgan fingerprint density at radius 3 is 2.44 bits per heavy atom. The molecule has 0 spiro atoms. The van der Waals surface area contributed by atoms with Crippen molar-refractivity contribution in [1.29, 1.82) is 0 Å². The van der Waals surface area contributed by atoms with E-state index in [0.717, 1.165) is 0 Å². The van der Waals surface area contributed by atoms with Gasteiger partial charge in [0, 0.05) is 0 Å². The van der Waals surface area contributed by atoms with Crippen LogP contribution in [0.4, 0.5) is 0 Å². The van der Waals surface area contributed by atoms with Crippen molar-refractivity contribution in [1.82, 2.24) is 4.72 Å². The van der Waals surface area contributed by atoms with Gasteiger partial charge >= 0.3 is 0 Å². The Kier molecular flexibility index (Phi) is 3.64. The van der Waals surface area contributed by atoms with E-state index in [0.29, 0.717) is 0 Å². The second-order valence-corrected chi connectivity index (χ2v) is 5.86. The van der Waals surface area contributed by atoms with E-state index in [2.05, 4.69) is 10.6 Å². The smallest absolute Gasteiger partial charge is 0.207 e. The minimum Gasteiger partial charge on any atom is -0.207 e. The lowest BCUT2D eigenvalue weighted by molar-refractivity contribution is 0.539. The van der Waals surface area contributed by atoms with Gasteiger partial charge in [0.1, 0.15) is 4.90 Å². The number of hydrogen-bond acceptors (Lipinski definition) is 2. The van der Waals surface area contributed by atoms with E-state index >= 15 is 0 Å². The molecule has 1 rings (SSSR count). The average Bonchev–Trinajstić information content (AvgIpc) is 2.16. The van der Waals surface area contributed by atoms with E-state index in [1.165, 1.54) is 12.1 Å². The SMILES string of the molecule is C#CC(C)(C)NS(=O)(=O)c1ccccc1Cl. The number of nitrogens with one attached hydrogen (secondary N) is 1. The molecule has 0 heterocycles. The van der Waals surface area contributed by atoms with Gasteiger partial charge in [0.25, 0.3) is 0 Å². The van der Waals surface area contributed by atoms with Crippen LogP contribution in [0.25, 0.3) is 0 Å². The second kappa shape index (κ2) is 4.46. The second-order valence-electron chi connectivity index (χ2n) is 3.81. The number of terminal acetylenes is 1. The summed E-state index contributed by atoms with van der Waals surface area (Å²) in [7, 11) is -3.69. The molecular weight excluding hydrogens is 246 g/mol. The Morgan fingerprint density at radius 2 is 1.94 bits per heavy atom. The number of sulfonamides is 1. The molecule has 0 saturated carbocycles. The maximum absolute atomic E-state index is 11.9. The fourth-order valence-corrected chi connectivity index (χ4v) is 2.95. The average molecular weight is 258 g/mol. The van der Waals surface area contributed by atoms with E-state index in [4.69, 9.17) is 18.0 Å². The van der Waals surface area contributed by atoms with Crippen molar-refractivity contribution in [2.24, 2.45) is 0 Å². The molecule has 5 heteroatoms. The Bertz CT molecular complexity index is 529. The van der Waals surface area contributed by atoms with Gasteiger partial charge in [-0.15, -0.1) is 6.42 Å². The van der Waals surface area contributed by atoms with E-state index in [1.807, 2.05) is 0 Å². The third-order valence-electron chi connectivity index (χ3n) is 1.88. The highest BCUT2D eigenvalue weighted by atomic mass is 35.5. The van der Waals surface area contributed by atoms with Gasteiger partial charge in [-0.25, -0.2) is 8.42 Å². The van der Waals surface area contributed by atoms with Gasteiger partial charge in [-0.05, 0) is 26.0 Å². The monoisotopic (exact) mass is 257 g/mol. The highest BCUT2D eigenvalue weighted by Gasteiger charge is 2.25. The summed E-state index contributed by atoms with van der Waals surface area (Å²) >= 11 is 5.81. The molecule has 0 amide bonds. The van der Waals surface area contributed by atoms with Crippen LogP contribution in [0.1, 0.15) is 13.8 Å². The molecule has 1 aromatic carbocycles. The Balaban J connectivity index is 3.16. The molecule has 0 radical (unpaired) electrons. The summed E-state index contributed by atoms with van der Waals surface area (Å²) in [5, 5.41) is 0.169. The summed E-state index contributed by atoms with van der Waals surface area (Å²) in [5.74, 6) is 2.35. The van der Waals surface area contributed by atoms with Crippen LogP contribution in [-0.2, 0) is 10.0 Å². The van der Waals surface area contributed by atoms with Crippen LogP contribution < -0.4 is 4.72 Å². The van der Waals surface area contributed by atoms with Gasteiger partial charge in [-0.1, -0.05) is 29.7 Å². The highest BCUT2D eigenvalue weighted by molar-refractivity contribution is 7.89. The lowest BCUT2D eigenvalue weighted by atomic mass is 10.1. The van der Waals surface area contributed by atoms with Crippen LogP contribution in [-0.4, -0.2) is 14.0 Å². The van der Waals surface area contributed by atoms with Gasteiger partial charge in [-0.2, -0.15) is 4.72 Å². The summed E-state index contributed by atoms with van der Waals surface area (Å²) in [4.78, 5) is 0.0278. The lowest BCUT2D eigenvalue weighted by Crippen LogP contribution is -2.42. The molecule has 0 aliphatic heterocycles. The standard InChI is InChI=1S/C11H12ClNO2S/c1-4-11(2,3)13-16(14,15)10-8-6-5-7-9(10)12/h1,5-8,13H,2-3H3. The zero-order chi connectivity index (χ0) is 12.4. The Hall–Kier alpha value is -1.02. The molecule has 0 saturated heterocycles. The van der Waals surface area contributed by atoms with Crippen molar-refractivity contribution in [2.45, 2.75) is 24.3 Å². The number of benzene rings is 1. The van der Waals surface area contributed by atoms with E-state index in [1.54, 1.807) is 26.0 Å². The van der Waals surface area contributed by atoms with E-state index < -0.39 is 15.6 Å². The molecular formula is C11H12ClNO2S. The summed E-state index contributed by atoms with van der Waals surface area (Å²) in [6.45, 7) is 3.20. The van der Waals surface area contributed by atoms with E-state index in [-0.39, 0.29) is 9.92 Å². The minimum absolute atomic E-state index is 0.0278. The molecule has 1 aromatic rings. The van der Waals surface area contributed by atoms with E-state index in [9.17, 15) is 8.42 Å². The molecule has 0 bridgehead atoms. The molecule has 0 aliphatic carbocycles. The maximum Gasteiger partial charge on any atom is 0.243 e. The quantitative estimate of drug-likeness (QED) is 0.843. The number of hydrogen-bond donors (Lipinski definition) is 1. The Morgan fingerprint density at radius 1 is 1.38 bits per heavy atom. The third kappa shape index (κ3) is 2.99. The summed E-state index contributed by atoms with van der Waals surface area (Å²) in [6.07, 6.45) is 5.22. The van der Waals surface area contributed by atoms with Crippen molar-refractivity contribution in [3.8, 4) is 12.3 Å².